The molecule has 6 heteroatoms. The number of aromatic nitrogens is 1. The molecule has 1 aromatic carbocycles. The average molecular weight is 334 g/mol. The molecular formula is C16H18N2O2S2. The van der Waals surface area contributed by atoms with Crippen molar-refractivity contribution in [3.05, 3.63) is 48.0 Å². The van der Waals surface area contributed by atoms with Crippen LogP contribution in [0.4, 0.5) is 5.69 Å². The molecule has 4 nitrogen and oxygen atoms in total. The normalized spacial score (nSPS) is 12.1. The highest BCUT2D eigenvalue weighted by Gasteiger charge is 2.15. The molecule has 0 bridgehead atoms. The van der Waals surface area contributed by atoms with Crippen molar-refractivity contribution in [1.82, 2.24) is 4.57 Å². The van der Waals surface area contributed by atoms with Crippen LogP contribution in [0, 0.1) is 5.92 Å². The maximum atomic E-state index is 12.2. The molecule has 0 aliphatic rings. The van der Waals surface area contributed by atoms with Gasteiger partial charge in [-0.05, 0) is 41.6 Å². The minimum absolute atomic E-state index is 0.324. The molecule has 1 N–H and O–H groups in total. The van der Waals surface area contributed by atoms with Gasteiger partial charge in [0.2, 0.25) is 0 Å². The molecule has 0 amide bonds. The Morgan fingerprint density at radius 1 is 1.23 bits per heavy atom. The van der Waals surface area contributed by atoms with E-state index in [1.807, 2.05) is 30.5 Å². The van der Waals surface area contributed by atoms with Crippen LogP contribution in [0.25, 0.3) is 10.9 Å². The number of nitrogens with one attached hydrogen (secondary N) is 1. The smallest absolute Gasteiger partial charge is 0.271 e. The first-order valence-electron chi connectivity index (χ1n) is 7.11. The van der Waals surface area contributed by atoms with Crippen molar-refractivity contribution in [3.63, 3.8) is 0 Å². The number of thiophene rings is 1. The van der Waals surface area contributed by atoms with Crippen LogP contribution in [-0.4, -0.2) is 13.0 Å². The van der Waals surface area contributed by atoms with Gasteiger partial charge in [-0.3, -0.25) is 4.72 Å². The number of nitrogens with zero attached hydrogens (tertiary/aromatic N) is 1. The van der Waals surface area contributed by atoms with Crippen LogP contribution in [0.2, 0.25) is 0 Å². The van der Waals surface area contributed by atoms with Crippen LogP contribution < -0.4 is 4.72 Å². The number of fused-ring (bicyclic) bond motifs is 1. The van der Waals surface area contributed by atoms with Gasteiger partial charge in [-0.15, -0.1) is 11.3 Å². The van der Waals surface area contributed by atoms with E-state index in [1.165, 1.54) is 11.3 Å². The summed E-state index contributed by atoms with van der Waals surface area (Å²) in [4.78, 5) is 0. The zero-order valence-corrected chi connectivity index (χ0v) is 14.1. The summed E-state index contributed by atoms with van der Waals surface area (Å²) < 4.78 is 29.6. The maximum absolute atomic E-state index is 12.2. The molecule has 0 saturated heterocycles. The molecule has 0 radical (unpaired) electrons. The molecule has 3 rings (SSSR count). The molecule has 2 aromatic heterocycles. The van der Waals surface area contributed by atoms with Gasteiger partial charge < -0.3 is 4.57 Å². The van der Waals surface area contributed by atoms with Crippen LogP contribution in [0.3, 0.4) is 0 Å². The molecule has 0 aliphatic heterocycles. The van der Waals surface area contributed by atoms with Crippen molar-refractivity contribution in [2.45, 2.75) is 24.6 Å². The van der Waals surface area contributed by atoms with E-state index in [9.17, 15) is 8.42 Å². The fraction of sp³-hybridized carbons (Fsp3) is 0.250. The molecule has 0 aliphatic carbocycles. The van der Waals surface area contributed by atoms with Gasteiger partial charge in [-0.1, -0.05) is 19.9 Å². The third kappa shape index (κ3) is 3.03. The van der Waals surface area contributed by atoms with Gasteiger partial charge in [-0.2, -0.15) is 0 Å². The highest BCUT2D eigenvalue weighted by Crippen LogP contribution is 2.24. The third-order valence-electron chi connectivity index (χ3n) is 3.34. The number of hydrogen-bond acceptors (Lipinski definition) is 3. The van der Waals surface area contributed by atoms with Crippen molar-refractivity contribution < 1.29 is 8.42 Å². The van der Waals surface area contributed by atoms with E-state index < -0.39 is 10.0 Å². The predicted molar refractivity (Wildman–Crippen MR) is 91.9 cm³/mol. The number of rotatable bonds is 5. The SMILES string of the molecule is CC(C)Cn1ccc2cc(NS(=O)(=O)c3cccs3)ccc21. The molecule has 0 spiro atoms. The highest BCUT2D eigenvalue weighted by atomic mass is 32.2. The summed E-state index contributed by atoms with van der Waals surface area (Å²) in [6.07, 6.45) is 2.04. The Hall–Kier alpha value is -1.79. The molecular weight excluding hydrogens is 316 g/mol. The van der Waals surface area contributed by atoms with E-state index in [0.717, 1.165) is 17.4 Å². The second-order valence-electron chi connectivity index (χ2n) is 5.67. The first kappa shape index (κ1) is 15.1. The van der Waals surface area contributed by atoms with Gasteiger partial charge in [-0.25, -0.2) is 8.42 Å². The van der Waals surface area contributed by atoms with Crippen LogP contribution in [0.1, 0.15) is 13.8 Å². The van der Waals surface area contributed by atoms with Gasteiger partial charge in [0.25, 0.3) is 10.0 Å². The zero-order valence-electron chi connectivity index (χ0n) is 12.5. The van der Waals surface area contributed by atoms with E-state index in [0.29, 0.717) is 15.8 Å². The van der Waals surface area contributed by atoms with E-state index in [4.69, 9.17) is 0 Å². The average Bonchev–Trinajstić information content (AvgIpc) is 3.08. The standard InChI is InChI=1S/C16H18N2O2S2/c1-12(2)11-18-8-7-13-10-14(5-6-15(13)18)17-22(19,20)16-4-3-9-21-16/h3-10,12,17H,11H2,1-2H3. The minimum Gasteiger partial charge on any atom is -0.347 e. The number of sulfonamides is 1. The molecule has 3 aromatic rings. The van der Waals surface area contributed by atoms with Crippen molar-refractivity contribution in [2.75, 3.05) is 4.72 Å². The lowest BCUT2D eigenvalue weighted by molar-refractivity contribution is 0.535. The fourth-order valence-electron chi connectivity index (χ4n) is 2.44. The second kappa shape index (κ2) is 5.78. The lowest BCUT2D eigenvalue weighted by Crippen LogP contribution is -2.11. The van der Waals surface area contributed by atoms with Crippen molar-refractivity contribution >= 4 is 38.0 Å². The van der Waals surface area contributed by atoms with Crippen LogP contribution in [0.15, 0.2) is 52.2 Å². The van der Waals surface area contributed by atoms with Crippen molar-refractivity contribution in [3.8, 4) is 0 Å². The summed E-state index contributed by atoms with van der Waals surface area (Å²) in [6.45, 7) is 5.30. The summed E-state index contributed by atoms with van der Waals surface area (Å²) in [6, 6.07) is 11.0. The summed E-state index contributed by atoms with van der Waals surface area (Å²) in [5.41, 5.74) is 1.70. The molecule has 22 heavy (non-hydrogen) atoms. The lowest BCUT2D eigenvalue weighted by Gasteiger charge is -2.09. The quantitative estimate of drug-likeness (QED) is 0.762. The van der Waals surface area contributed by atoms with Crippen molar-refractivity contribution in [1.29, 1.82) is 0 Å². The van der Waals surface area contributed by atoms with Crippen LogP contribution >= 0.6 is 11.3 Å². The van der Waals surface area contributed by atoms with Gasteiger partial charge >= 0.3 is 0 Å². The molecule has 0 unspecified atom stereocenters. The summed E-state index contributed by atoms with van der Waals surface area (Å²) in [5.74, 6) is 0.563. The predicted octanol–water partition coefficient (Wildman–Crippen LogP) is 4.16. The highest BCUT2D eigenvalue weighted by molar-refractivity contribution is 7.94. The first-order valence-corrected chi connectivity index (χ1v) is 9.47. The van der Waals surface area contributed by atoms with E-state index in [1.54, 1.807) is 17.5 Å². The number of benzene rings is 1. The summed E-state index contributed by atoms with van der Waals surface area (Å²) >= 11 is 1.21. The Bertz CT molecular complexity index is 878. The Kier molecular flexibility index (Phi) is 3.97. The molecule has 2 heterocycles. The van der Waals surface area contributed by atoms with Crippen LogP contribution in [0.5, 0.6) is 0 Å². The Balaban J connectivity index is 1.90. The van der Waals surface area contributed by atoms with Gasteiger partial charge in [0.15, 0.2) is 0 Å². The Morgan fingerprint density at radius 3 is 2.73 bits per heavy atom. The minimum atomic E-state index is -3.49. The zero-order chi connectivity index (χ0) is 15.7. The largest absolute Gasteiger partial charge is 0.347 e. The topological polar surface area (TPSA) is 51.1 Å². The van der Waals surface area contributed by atoms with Gasteiger partial charge in [0.1, 0.15) is 4.21 Å². The molecule has 0 fully saturated rings. The molecule has 0 saturated carbocycles. The number of anilines is 1. The Labute approximate surface area is 134 Å². The van der Waals surface area contributed by atoms with Crippen molar-refractivity contribution in [2.24, 2.45) is 5.92 Å². The fourth-order valence-corrected chi connectivity index (χ4v) is 4.48. The van der Waals surface area contributed by atoms with E-state index >= 15 is 0 Å². The monoisotopic (exact) mass is 334 g/mol. The van der Waals surface area contributed by atoms with Crippen LogP contribution in [-0.2, 0) is 16.6 Å². The van der Waals surface area contributed by atoms with Gasteiger partial charge in [0.05, 0.1) is 0 Å². The Morgan fingerprint density at radius 2 is 2.05 bits per heavy atom. The second-order valence-corrected chi connectivity index (χ2v) is 8.53. The van der Waals surface area contributed by atoms with Gasteiger partial charge in [0, 0.05) is 29.3 Å². The third-order valence-corrected chi connectivity index (χ3v) is 6.12. The first-order chi connectivity index (χ1) is 10.5. The molecule has 116 valence electrons. The lowest BCUT2D eigenvalue weighted by atomic mass is 10.2. The summed E-state index contributed by atoms with van der Waals surface area (Å²) in [7, 11) is -3.49. The molecule has 0 atom stereocenters. The maximum Gasteiger partial charge on any atom is 0.271 e. The van der Waals surface area contributed by atoms with E-state index in [2.05, 4.69) is 23.1 Å². The summed E-state index contributed by atoms with van der Waals surface area (Å²) in [5, 5.41) is 2.79. The van der Waals surface area contributed by atoms with E-state index in [-0.39, 0.29) is 0 Å². The number of hydrogen-bond donors (Lipinski definition) is 1.